The first-order valence-corrected chi connectivity index (χ1v) is 6.80. The summed E-state index contributed by atoms with van der Waals surface area (Å²) in [5.74, 6) is 1.41. The Morgan fingerprint density at radius 3 is 2.50 bits per heavy atom. The summed E-state index contributed by atoms with van der Waals surface area (Å²) in [6.45, 7) is 0. The molecule has 0 aromatic heterocycles. The van der Waals surface area contributed by atoms with E-state index in [2.05, 4.69) is 0 Å². The lowest BCUT2D eigenvalue weighted by atomic mass is 10.0. The number of amides is 1. The highest BCUT2D eigenvalue weighted by Crippen LogP contribution is 2.28. The van der Waals surface area contributed by atoms with Crippen molar-refractivity contribution >= 4 is 35.2 Å². The molecule has 1 unspecified atom stereocenters. The molecule has 22 heavy (non-hydrogen) atoms. The van der Waals surface area contributed by atoms with Crippen molar-refractivity contribution in [1.82, 2.24) is 0 Å². The second-order valence-electron chi connectivity index (χ2n) is 4.55. The number of anilines is 2. The Balaban J connectivity index is 2.52. The highest BCUT2D eigenvalue weighted by atomic mass is 35.5. The maximum absolute atomic E-state index is 12.1. The molecule has 2 aromatic carbocycles. The van der Waals surface area contributed by atoms with Crippen LogP contribution in [0.2, 0.25) is 5.02 Å². The molecular formula is C17H13ClN2O2. The van der Waals surface area contributed by atoms with Gasteiger partial charge >= 0.3 is 5.91 Å². The van der Waals surface area contributed by atoms with Crippen molar-refractivity contribution in [3.8, 4) is 12.3 Å². The second-order valence-corrected chi connectivity index (χ2v) is 4.98. The van der Waals surface area contributed by atoms with Gasteiger partial charge in [0.15, 0.2) is 0 Å². The molecule has 0 aliphatic rings. The van der Waals surface area contributed by atoms with Crippen molar-refractivity contribution < 1.29 is 9.59 Å². The quantitative estimate of drug-likeness (QED) is 0.536. The highest BCUT2D eigenvalue weighted by molar-refractivity contribution is 6.31. The Kier molecular flexibility index (Phi) is 4.82. The lowest BCUT2D eigenvalue weighted by Crippen LogP contribution is -2.35. The van der Waals surface area contributed by atoms with Crippen LogP contribution < -0.4 is 10.6 Å². The maximum Gasteiger partial charge on any atom is 0.303 e. The fraction of sp³-hybridized carbons (Fsp3) is 0.0588. The molecule has 4 nitrogen and oxygen atoms in total. The zero-order chi connectivity index (χ0) is 16.1. The molecule has 0 saturated carbocycles. The van der Waals surface area contributed by atoms with Gasteiger partial charge in [0.2, 0.25) is 0 Å². The van der Waals surface area contributed by atoms with Gasteiger partial charge in [0.1, 0.15) is 12.3 Å². The van der Waals surface area contributed by atoms with E-state index in [9.17, 15) is 9.59 Å². The average Bonchev–Trinajstić information content (AvgIpc) is 2.53. The van der Waals surface area contributed by atoms with Crippen LogP contribution in [0.3, 0.4) is 0 Å². The van der Waals surface area contributed by atoms with Crippen molar-refractivity contribution in [2.75, 3.05) is 10.6 Å². The summed E-state index contributed by atoms with van der Waals surface area (Å²) in [6.07, 6.45) is 5.89. The van der Waals surface area contributed by atoms with E-state index in [4.69, 9.17) is 23.8 Å². The van der Waals surface area contributed by atoms with Crippen LogP contribution >= 0.6 is 11.6 Å². The number of hydrogen-bond donors (Lipinski definition) is 1. The Morgan fingerprint density at radius 2 is 1.95 bits per heavy atom. The first-order valence-electron chi connectivity index (χ1n) is 6.43. The summed E-state index contributed by atoms with van der Waals surface area (Å²) < 4.78 is 0. The monoisotopic (exact) mass is 312 g/mol. The Hall–Kier alpha value is -2.77. The summed E-state index contributed by atoms with van der Waals surface area (Å²) in [5.41, 5.74) is 7.26. The fourth-order valence-electron chi connectivity index (χ4n) is 2.08. The molecular weight excluding hydrogens is 300 g/mol. The molecule has 1 amide bonds. The zero-order valence-corrected chi connectivity index (χ0v) is 12.3. The van der Waals surface area contributed by atoms with E-state index in [-0.39, 0.29) is 0 Å². The first kappa shape index (κ1) is 15.6. The Bertz CT molecular complexity index is 735. The summed E-state index contributed by atoms with van der Waals surface area (Å²) in [5, 5.41) is 0.439. The van der Waals surface area contributed by atoms with Crippen LogP contribution in [0.4, 0.5) is 11.4 Å². The van der Waals surface area contributed by atoms with Crippen molar-refractivity contribution in [2.45, 2.75) is 6.04 Å². The lowest BCUT2D eigenvalue weighted by molar-refractivity contribution is -0.116. The topological polar surface area (TPSA) is 63.4 Å². The van der Waals surface area contributed by atoms with Gasteiger partial charge in [0.05, 0.1) is 0 Å². The number of hydrogen-bond acceptors (Lipinski definition) is 3. The van der Waals surface area contributed by atoms with E-state index in [1.807, 2.05) is 5.92 Å². The predicted octanol–water partition coefficient (Wildman–Crippen LogP) is 2.83. The molecule has 0 heterocycles. The molecule has 0 bridgehead atoms. The van der Waals surface area contributed by atoms with Gasteiger partial charge in [-0.3, -0.25) is 9.69 Å². The number of nitrogen functional groups attached to an aromatic ring is 1. The SMILES string of the molecule is C#CC(=O)N(c1cccc(Cl)c1)C(C=O)c1ccc(N)cc1. The summed E-state index contributed by atoms with van der Waals surface area (Å²) >= 11 is 5.96. The van der Waals surface area contributed by atoms with Gasteiger partial charge in [-0.15, -0.1) is 6.42 Å². The van der Waals surface area contributed by atoms with E-state index >= 15 is 0 Å². The number of terminal acetylenes is 1. The van der Waals surface area contributed by atoms with Crippen molar-refractivity contribution in [3.63, 3.8) is 0 Å². The largest absolute Gasteiger partial charge is 0.399 e. The van der Waals surface area contributed by atoms with Gasteiger partial charge in [-0.2, -0.15) is 0 Å². The van der Waals surface area contributed by atoms with Gasteiger partial charge in [-0.25, -0.2) is 0 Å². The molecule has 110 valence electrons. The summed E-state index contributed by atoms with van der Waals surface area (Å²) in [6, 6.07) is 12.4. The number of halogens is 1. The van der Waals surface area contributed by atoms with Gasteiger partial charge in [0, 0.05) is 16.4 Å². The molecule has 2 N–H and O–H groups in total. The van der Waals surface area contributed by atoms with E-state index in [1.165, 1.54) is 4.90 Å². The molecule has 2 aromatic rings. The Morgan fingerprint density at radius 1 is 1.27 bits per heavy atom. The summed E-state index contributed by atoms with van der Waals surface area (Å²) in [7, 11) is 0. The standard InChI is InChI=1S/C17H13ClN2O2/c1-2-17(22)20(15-5-3-4-13(18)10-15)16(11-21)12-6-8-14(19)9-7-12/h1,3-11,16H,19H2. The second kappa shape index (κ2) is 6.79. The molecule has 1 atom stereocenters. The van der Waals surface area contributed by atoms with Crippen molar-refractivity contribution in [1.29, 1.82) is 0 Å². The highest BCUT2D eigenvalue weighted by Gasteiger charge is 2.25. The minimum atomic E-state index is -0.859. The smallest absolute Gasteiger partial charge is 0.303 e. The molecule has 0 aliphatic heterocycles. The van der Waals surface area contributed by atoms with Crippen LogP contribution in [0.5, 0.6) is 0 Å². The predicted molar refractivity (Wildman–Crippen MR) is 87.4 cm³/mol. The van der Waals surface area contributed by atoms with E-state index in [0.29, 0.717) is 28.2 Å². The van der Waals surface area contributed by atoms with Gasteiger partial charge in [-0.05, 0) is 41.8 Å². The fourth-order valence-corrected chi connectivity index (χ4v) is 2.27. The van der Waals surface area contributed by atoms with Gasteiger partial charge in [-0.1, -0.05) is 29.8 Å². The maximum atomic E-state index is 12.1. The number of nitrogens with zero attached hydrogens (tertiary/aromatic N) is 1. The van der Waals surface area contributed by atoms with Crippen molar-refractivity contribution in [2.24, 2.45) is 0 Å². The normalized spacial score (nSPS) is 11.3. The third-order valence-electron chi connectivity index (χ3n) is 3.11. The third kappa shape index (κ3) is 3.27. The first-order chi connectivity index (χ1) is 10.6. The average molecular weight is 313 g/mol. The number of benzene rings is 2. The molecule has 0 saturated heterocycles. The van der Waals surface area contributed by atoms with Crippen LogP contribution in [0, 0.1) is 12.3 Å². The number of nitrogens with two attached hydrogens (primary N) is 1. The molecule has 0 radical (unpaired) electrons. The van der Waals surface area contributed by atoms with Crippen LogP contribution in [0.1, 0.15) is 11.6 Å². The molecule has 2 rings (SSSR count). The summed E-state index contributed by atoms with van der Waals surface area (Å²) in [4.78, 5) is 24.9. The zero-order valence-electron chi connectivity index (χ0n) is 11.6. The van der Waals surface area contributed by atoms with E-state index in [1.54, 1.807) is 48.5 Å². The third-order valence-corrected chi connectivity index (χ3v) is 3.35. The van der Waals surface area contributed by atoms with Gasteiger partial charge in [0.25, 0.3) is 0 Å². The van der Waals surface area contributed by atoms with Gasteiger partial charge < -0.3 is 10.5 Å². The Labute approximate surface area is 133 Å². The van der Waals surface area contributed by atoms with Crippen LogP contribution in [-0.4, -0.2) is 12.2 Å². The van der Waals surface area contributed by atoms with E-state index in [0.717, 1.165) is 0 Å². The molecule has 5 heteroatoms. The number of rotatable bonds is 4. The van der Waals surface area contributed by atoms with E-state index < -0.39 is 11.9 Å². The number of aldehydes is 1. The minimum absolute atomic E-state index is 0.439. The van der Waals surface area contributed by atoms with Crippen LogP contribution in [-0.2, 0) is 9.59 Å². The van der Waals surface area contributed by atoms with Crippen LogP contribution in [0.15, 0.2) is 48.5 Å². The molecule has 0 spiro atoms. The lowest BCUT2D eigenvalue weighted by Gasteiger charge is -2.27. The number of carbonyl (C=O) groups is 2. The minimum Gasteiger partial charge on any atom is -0.399 e. The number of carbonyl (C=O) groups excluding carboxylic acids is 2. The van der Waals surface area contributed by atoms with Crippen molar-refractivity contribution in [3.05, 3.63) is 59.1 Å². The van der Waals surface area contributed by atoms with Crippen LogP contribution in [0.25, 0.3) is 0 Å². The molecule has 0 aliphatic carbocycles. The molecule has 0 fully saturated rings.